The molecule has 1 aliphatic heterocycles. The Bertz CT molecular complexity index is 565. The second-order valence-corrected chi connectivity index (χ2v) is 7.31. The number of fused-ring (bicyclic) bond motifs is 1. The summed E-state index contributed by atoms with van der Waals surface area (Å²) in [6.45, 7) is 4.81. The molecule has 1 fully saturated rings. The lowest BCUT2D eigenvalue weighted by molar-refractivity contribution is 0.0941. The molecule has 24 heavy (non-hydrogen) atoms. The van der Waals surface area contributed by atoms with E-state index in [0.29, 0.717) is 6.04 Å². The van der Waals surface area contributed by atoms with Gasteiger partial charge in [0.05, 0.1) is 18.3 Å². The maximum absolute atomic E-state index is 12.8. The normalized spacial score (nSPS) is 23.2. The number of Topliss-reactive ketones (excluding diaryl/α,β-unsaturated/α-hetero) is 1. The summed E-state index contributed by atoms with van der Waals surface area (Å²) in [5.74, 6) is 1.01. The highest BCUT2D eigenvalue weighted by molar-refractivity contribution is 6.01. The molecule has 0 amide bonds. The topological polar surface area (TPSA) is 50.4 Å². The Labute approximate surface area is 145 Å². The van der Waals surface area contributed by atoms with Crippen molar-refractivity contribution in [3.63, 3.8) is 0 Å². The minimum atomic E-state index is -0.143. The van der Waals surface area contributed by atoms with E-state index in [-0.39, 0.29) is 17.9 Å². The fourth-order valence-electron chi connectivity index (χ4n) is 3.74. The van der Waals surface area contributed by atoms with Crippen LogP contribution in [0.3, 0.4) is 0 Å². The highest BCUT2D eigenvalue weighted by atomic mass is 16.5. The number of benzene rings is 1. The van der Waals surface area contributed by atoms with Crippen molar-refractivity contribution in [3.8, 4) is 5.75 Å². The molecule has 1 aromatic carbocycles. The molecule has 0 bridgehead atoms. The van der Waals surface area contributed by atoms with E-state index in [2.05, 4.69) is 10.6 Å². The molecule has 1 aromatic rings. The van der Waals surface area contributed by atoms with Crippen LogP contribution in [-0.2, 0) is 0 Å². The zero-order chi connectivity index (χ0) is 16.9. The van der Waals surface area contributed by atoms with Gasteiger partial charge < -0.3 is 15.4 Å². The van der Waals surface area contributed by atoms with Crippen LogP contribution in [0, 0.1) is 0 Å². The molecule has 4 nitrogen and oxygen atoms in total. The molecule has 2 unspecified atom stereocenters. The summed E-state index contributed by atoms with van der Waals surface area (Å²) >= 11 is 0. The SMILES string of the molecule is CC1CNc2cc(C(=O)C(C)NC3CCCCCCC3)ccc2O1. The number of ether oxygens (including phenoxy) is 1. The lowest BCUT2D eigenvalue weighted by Gasteiger charge is -2.26. The van der Waals surface area contributed by atoms with Gasteiger partial charge in [-0.25, -0.2) is 0 Å². The summed E-state index contributed by atoms with van der Waals surface area (Å²) in [7, 11) is 0. The fourth-order valence-corrected chi connectivity index (χ4v) is 3.74. The van der Waals surface area contributed by atoms with Crippen LogP contribution in [0.25, 0.3) is 0 Å². The van der Waals surface area contributed by atoms with Gasteiger partial charge in [0, 0.05) is 11.6 Å². The average molecular weight is 330 g/mol. The van der Waals surface area contributed by atoms with E-state index in [1.807, 2.05) is 32.0 Å². The zero-order valence-corrected chi connectivity index (χ0v) is 14.9. The molecule has 1 saturated carbocycles. The largest absolute Gasteiger partial charge is 0.487 e. The lowest BCUT2D eigenvalue weighted by atomic mass is 9.95. The quantitative estimate of drug-likeness (QED) is 0.814. The van der Waals surface area contributed by atoms with Crippen LogP contribution in [-0.4, -0.2) is 30.5 Å². The highest BCUT2D eigenvalue weighted by Gasteiger charge is 2.22. The fraction of sp³-hybridized carbons (Fsp3) is 0.650. The molecular weight excluding hydrogens is 300 g/mol. The highest BCUT2D eigenvalue weighted by Crippen LogP contribution is 2.30. The van der Waals surface area contributed by atoms with Gasteiger partial charge in [0.15, 0.2) is 5.78 Å². The Morgan fingerprint density at radius 3 is 2.67 bits per heavy atom. The van der Waals surface area contributed by atoms with Gasteiger partial charge >= 0.3 is 0 Å². The summed E-state index contributed by atoms with van der Waals surface area (Å²) in [4.78, 5) is 12.8. The number of carbonyl (C=O) groups excluding carboxylic acids is 1. The number of hydrogen-bond acceptors (Lipinski definition) is 4. The number of anilines is 1. The van der Waals surface area contributed by atoms with Crippen molar-refractivity contribution < 1.29 is 9.53 Å². The molecule has 2 aliphatic rings. The predicted octanol–water partition coefficient (Wildman–Crippen LogP) is 4.15. The third-order valence-corrected chi connectivity index (χ3v) is 5.16. The van der Waals surface area contributed by atoms with Gasteiger partial charge in [0.1, 0.15) is 11.9 Å². The minimum Gasteiger partial charge on any atom is -0.487 e. The molecule has 132 valence electrons. The predicted molar refractivity (Wildman–Crippen MR) is 98.1 cm³/mol. The number of carbonyl (C=O) groups is 1. The molecule has 2 atom stereocenters. The second kappa shape index (κ2) is 8.02. The van der Waals surface area contributed by atoms with E-state index in [1.54, 1.807) is 0 Å². The van der Waals surface area contributed by atoms with Crippen LogP contribution < -0.4 is 15.4 Å². The number of hydrogen-bond donors (Lipinski definition) is 2. The Morgan fingerprint density at radius 1 is 1.21 bits per heavy atom. The first-order valence-electron chi connectivity index (χ1n) is 9.48. The van der Waals surface area contributed by atoms with Gasteiger partial charge in [-0.1, -0.05) is 32.1 Å². The van der Waals surface area contributed by atoms with Crippen molar-refractivity contribution in [3.05, 3.63) is 23.8 Å². The molecular formula is C20H30N2O2. The maximum atomic E-state index is 12.8. The first-order chi connectivity index (χ1) is 11.6. The van der Waals surface area contributed by atoms with Crippen molar-refractivity contribution in [1.82, 2.24) is 5.32 Å². The smallest absolute Gasteiger partial charge is 0.179 e. The lowest BCUT2D eigenvalue weighted by Crippen LogP contribution is -2.41. The van der Waals surface area contributed by atoms with Gasteiger partial charge in [-0.2, -0.15) is 0 Å². The number of rotatable bonds is 4. The molecule has 0 spiro atoms. The molecule has 1 heterocycles. The Balaban J connectivity index is 1.62. The number of nitrogens with one attached hydrogen (secondary N) is 2. The van der Waals surface area contributed by atoms with Gasteiger partial charge in [-0.05, 0) is 44.9 Å². The van der Waals surface area contributed by atoms with E-state index in [1.165, 1.54) is 44.9 Å². The van der Waals surface area contributed by atoms with Crippen LogP contribution in [0.15, 0.2) is 18.2 Å². The van der Waals surface area contributed by atoms with Gasteiger partial charge in [0.2, 0.25) is 0 Å². The summed E-state index contributed by atoms with van der Waals surface area (Å²) in [6.07, 6.45) is 9.12. The second-order valence-electron chi connectivity index (χ2n) is 7.31. The molecule has 0 radical (unpaired) electrons. The molecule has 2 N–H and O–H groups in total. The Morgan fingerprint density at radius 2 is 1.92 bits per heavy atom. The average Bonchev–Trinajstić information content (AvgIpc) is 2.56. The summed E-state index contributed by atoms with van der Waals surface area (Å²) in [5.41, 5.74) is 1.68. The van der Waals surface area contributed by atoms with Crippen LogP contribution in [0.2, 0.25) is 0 Å². The summed E-state index contributed by atoms with van der Waals surface area (Å²) in [6, 6.07) is 6.06. The molecule has 0 aromatic heterocycles. The van der Waals surface area contributed by atoms with Crippen molar-refractivity contribution >= 4 is 11.5 Å². The van der Waals surface area contributed by atoms with E-state index >= 15 is 0 Å². The van der Waals surface area contributed by atoms with Gasteiger partial charge in [-0.3, -0.25) is 4.79 Å². The molecule has 3 rings (SSSR count). The maximum Gasteiger partial charge on any atom is 0.179 e. The monoisotopic (exact) mass is 330 g/mol. The zero-order valence-electron chi connectivity index (χ0n) is 14.9. The van der Waals surface area contributed by atoms with Crippen LogP contribution >= 0.6 is 0 Å². The third kappa shape index (κ3) is 4.29. The van der Waals surface area contributed by atoms with Gasteiger partial charge in [0.25, 0.3) is 0 Å². The van der Waals surface area contributed by atoms with Crippen molar-refractivity contribution in [1.29, 1.82) is 0 Å². The first kappa shape index (κ1) is 17.3. The molecule has 1 aliphatic carbocycles. The third-order valence-electron chi connectivity index (χ3n) is 5.16. The van der Waals surface area contributed by atoms with Gasteiger partial charge in [-0.15, -0.1) is 0 Å². The molecule has 4 heteroatoms. The number of ketones is 1. The van der Waals surface area contributed by atoms with E-state index in [9.17, 15) is 4.79 Å². The van der Waals surface area contributed by atoms with E-state index < -0.39 is 0 Å². The minimum absolute atomic E-state index is 0.143. The Kier molecular flexibility index (Phi) is 5.77. The standard InChI is InChI=1S/C20H30N2O2/c1-14-13-21-18-12-16(10-11-19(18)24-14)20(23)15(2)22-17-8-6-4-3-5-7-9-17/h10-12,14-15,17,21-22H,3-9,13H2,1-2H3. The van der Waals surface area contributed by atoms with Crippen molar-refractivity contribution in [2.24, 2.45) is 0 Å². The van der Waals surface area contributed by atoms with Crippen molar-refractivity contribution in [2.45, 2.75) is 77.0 Å². The van der Waals surface area contributed by atoms with Crippen LogP contribution in [0.4, 0.5) is 5.69 Å². The summed E-state index contributed by atoms with van der Waals surface area (Å²) < 4.78 is 5.78. The first-order valence-corrected chi connectivity index (χ1v) is 9.48. The van der Waals surface area contributed by atoms with Crippen LogP contribution in [0.1, 0.15) is 69.2 Å². The van der Waals surface area contributed by atoms with E-state index in [0.717, 1.165) is 23.5 Å². The Hall–Kier alpha value is -1.55. The van der Waals surface area contributed by atoms with Crippen molar-refractivity contribution in [2.75, 3.05) is 11.9 Å². The molecule has 0 saturated heterocycles. The van der Waals surface area contributed by atoms with E-state index in [4.69, 9.17) is 4.74 Å². The van der Waals surface area contributed by atoms with Crippen LogP contribution in [0.5, 0.6) is 5.75 Å². The summed E-state index contributed by atoms with van der Waals surface area (Å²) in [5, 5.41) is 6.92.